The Labute approximate surface area is 121 Å². The zero-order chi connectivity index (χ0) is 15.6. The van der Waals surface area contributed by atoms with Crippen LogP contribution in [0.2, 0.25) is 0 Å². The minimum absolute atomic E-state index is 0.0517. The summed E-state index contributed by atoms with van der Waals surface area (Å²) in [5.41, 5.74) is 0.458. The molecule has 0 aliphatic carbocycles. The average Bonchev–Trinajstić information content (AvgIpc) is 2.80. The molecule has 2 aromatic rings. The van der Waals surface area contributed by atoms with Gasteiger partial charge in [0.05, 0.1) is 22.5 Å². The van der Waals surface area contributed by atoms with E-state index in [2.05, 4.69) is 9.82 Å². The predicted octanol–water partition coefficient (Wildman–Crippen LogP) is 1.92. The minimum Gasteiger partial charge on any atom is -0.279 e. The number of anilines is 1. The third-order valence-electron chi connectivity index (χ3n) is 2.96. The molecular formula is C12H14N4O4S. The number of rotatable bonds is 5. The van der Waals surface area contributed by atoms with Gasteiger partial charge in [-0.3, -0.25) is 19.5 Å². The van der Waals surface area contributed by atoms with E-state index in [1.54, 1.807) is 11.6 Å². The van der Waals surface area contributed by atoms with Crippen LogP contribution in [0.1, 0.15) is 12.6 Å². The highest BCUT2D eigenvalue weighted by atomic mass is 32.2. The van der Waals surface area contributed by atoms with Crippen molar-refractivity contribution in [2.75, 3.05) is 4.72 Å². The lowest BCUT2D eigenvalue weighted by molar-refractivity contribution is -0.384. The van der Waals surface area contributed by atoms with Crippen LogP contribution in [0.4, 0.5) is 11.4 Å². The molecule has 9 heteroatoms. The lowest BCUT2D eigenvalue weighted by atomic mass is 10.3. The molecule has 0 saturated carbocycles. The first-order chi connectivity index (χ1) is 9.85. The van der Waals surface area contributed by atoms with E-state index in [9.17, 15) is 18.5 Å². The lowest BCUT2D eigenvalue weighted by Crippen LogP contribution is -2.14. The molecule has 1 aromatic carbocycles. The average molecular weight is 310 g/mol. The number of nitro groups is 1. The van der Waals surface area contributed by atoms with Crippen molar-refractivity contribution in [2.45, 2.75) is 25.3 Å². The van der Waals surface area contributed by atoms with Crippen molar-refractivity contribution in [3.05, 3.63) is 46.3 Å². The Morgan fingerprint density at radius 1 is 1.43 bits per heavy atom. The van der Waals surface area contributed by atoms with E-state index in [0.29, 0.717) is 12.2 Å². The predicted molar refractivity (Wildman–Crippen MR) is 76.5 cm³/mol. The number of nitro benzene ring substituents is 1. The molecule has 0 bridgehead atoms. The van der Waals surface area contributed by atoms with E-state index in [1.165, 1.54) is 24.4 Å². The molecule has 112 valence electrons. The highest BCUT2D eigenvalue weighted by Crippen LogP contribution is 2.22. The molecule has 1 heterocycles. The van der Waals surface area contributed by atoms with Crippen LogP contribution >= 0.6 is 0 Å². The Hall–Kier alpha value is -2.42. The van der Waals surface area contributed by atoms with Crippen molar-refractivity contribution in [3.8, 4) is 0 Å². The van der Waals surface area contributed by atoms with Crippen LogP contribution < -0.4 is 4.72 Å². The quantitative estimate of drug-likeness (QED) is 0.670. The number of sulfonamides is 1. The molecule has 2 rings (SSSR count). The molecule has 0 saturated heterocycles. The van der Waals surface area contributed by atoms with Gasteiger partial charge >= 0.3 is 0 Å². The van der Waals surface area contributed by atoms with Crippen LogP contribution in [0.5, 0.6) is 0 Å². The van der Waals surface area contributed by atoms with Gasteiger partial charge in [0.2, 0.25) is 0 Å². The summed E-state index contributed by atoms with van der Waals surface area (Å²) < 4.78 is 28.5. The molecule has 8 nitrogen and oxygen atoms in total. The maximum atomic E-state index is 12.3. The van der Waals surface area contributed by atoms with Crippen LogP contribution in [-0.4, -0.2) is 23.1 Å². The van der Waals surface area contributed by atoms with Gasteiger partial charge in [-0.15, -0.1) is 0 Å². The zero-order valence-corrected chi connectivity index (χ0v) is 12.3. The van der Waals surface area contributed by atoms with Gasteiger partial charge in [-0.1, -0.05) is 6.07 Å². The van der Waals surface area contributed by atoms with Gasteiger partial charge in [0, 0.05) is 18.7 Å². The van der Waals surface area contributed by atoms with Crippen LogP contribution in [0.15, 0.2) is 35.4 Å². The number of hydrogen-bond acceptors (Lipinski definition) is 5. The smallest absolute Gasteiger partial charge is 0.271 e. The summed E-state index contributed by atoms with van der Waals surface area (Å²) in [5.74, 6) is 0. The molecular weight excluding hydrogens is 296 g/mol. The monoisotopic (exact) mass is 310 g/mol. The second-order valence-electron chi connectivity index (χ2n) is 4.32. The van der Waals surface area contributed by atoms with Crippen LogP contribution in [0.25, 0.3) is 0 Å². The van der Waals surface area contributed by atoms with Gasteiger partial charge in [-0.05, 0) is 19.9 Å². The molecule has 0 aliphatic heterocycles. The van der Waals surface area contributed by atoms with Crippen LogP contribution in [0.3, 0.4) is 0 Å². The molecule has 0 unspecified atom stereocenters. The lowest BCUT2D eigenvalue weighted by Gasteiger charge is -2.07. The second kappa shape index (κ2) is 5.52. The summed E-state index contributed by atoms with van der Waals surface area (Å²) in [6, 6.07) is 5.32. The molecule has 0 spiro atoms. The summed E-state index contributed by atoms with van der Waals surface area (Å²) in [4.78, 5) is 10.2. The first-order valence-corrected chi connectivity index (χ1v) is 7.63. The van der Waals surface area contributed by atoms with Gasteiger partial charge in [-0.25, -0.2) is 8.42 Å². The summed E-state index contributed by atoms with van der Waals surface area (Å²) in [5, 5.41) is 14.7. The summed E-state index contributed by atoms with van der Waals surface area (Å²) in [7, 11) is -3.83. The molecule has 0 aliphatic rings. The van der Waals surface area contributed by atoms with Gasteiger partial charge < -0.3 is 0 Å². The molecule has 1 N–H and O–H groups in total. The van der Waals surface area contributed by atoms with Gasteiger partial charge in [0.1, 0.15) is 4.90 Å². The first-order valence-electron chi connectivity index (χ1n) is 6.15. The molecule has 21 heavy (non-hydrogen) atoms. The highest BCUT2D eigenvalue weighted by molar-refractivity contribution is 7.92. The Balaban J connectivity index is 2.35. The number of nitrogens with one attached hydrogen (secondary N) is 1. The maximum absolute atomic E-state index is 12.3. The third-order valence-corrected chi connectivity index (χ3v) is 4.44. The largest absolute Gasteiger partial charge is 0.279 e. The Morgan fingerprint density at radius 3 is 2.71 bits per heavy atom. The first kappa shape index (κ1) is 15.0. The number of aryl methyl sites for hydroxylation is 1. The van der Waals surface area contributed by atoms with Gasteiger partial charge in [0.25, 0.3) is 15.7 Å². The van der Waals surface area contributed by atoms with E-state index in [0.717, 1.165) is 6.07 Å². The van der Waals surface area contributed by atoms with Crippen molar-refractivity contribution in [1.29, 1.82) is 0 Å². The summed E-state index contributed by atoms with van der Waals surface area (Å²) in [6.45, 7) is 4.06. The summed E-state index contributed by atoms with van der Waals surface area (Å²) >= 11 is 0. The molecule has 0 amide bonds. The van der Waals surface area contributed by atoms with E-state index in [1.807, 2.05) is 6.92 Å². The molecule has 0 fully saturated rings. The minimum atomic E-state index is -3.83. The topological polar surface area (TPSA) is 107 Å². The number of hydrogen-bond donors (Lipinski definition) is 1. The maximum Gasteiger partial charge on any atom is 0.271 e. The number of non-ortho nitro benzene ring substituents is 1. The Kier molecular flexibility index (Phi) is 3.94. The Bertz CT molecular complexity index is 782. The number of benzene rings is 1. The number of nitrogens with zero attached hydrogens (tertiary/aromatic N) is 3. The Morgan fingerprint density at radius 2 is 2.14 bits per heavy atom. The second-order valence-corrected chi connectivity index (χ2v) is 5.97. The highest BCUT2D eigenvalue weighted by Gasteiger charge is 2.21. The van der Waals surface area contributed by atoms with Crippen LogP contribution in [-0.2, 0) is 16.6 Å². The van der Waals surface area contributed by atoms with Crippen molar-refractivity contribution >= 4 is 21.4 Å². The molecule has 0 atom stereocenters. The van der Waals surface area contributed by atoms with Crippen molar-refractivity contribution < 1.29 is 13.3 Å². The van der Waals surface area contributed by atoms with Crippen LogP contribution in [0, 0.1) is 17.0 Å². The van der Waals surface area contributed by atoms with E-state index in [-0.39, 0.29) is 16.3 Å². The van der Waals surface area contributed by atoms with E-state index < -0.39 is 14.9 Å². The summed E-state index contributed by atoms with van der Waals surface area (Å²) in [6.07, 6.45) is 1.26. The molecule has 0 radical (unpaired) electrons. The fourth-order valence-electron chi connectivity index (χ4n) is 1.91. The van der Waals surface area contributed by atoms with Gasteiger partial charge in [-0.2, -0.15) is 5.10 Å². The standard InChI is InChI=1S/C12H14N4O4S/c1-3-15-9(2)12(8-13-15)21(19,20)14-10-5-4-6-11(7-10)16(17)18/h4-8,14H,3H2,1-2H3. The fraction of sp³-hybridized carbons (Fsp3) is 0.250. The number of aromatic nitrogens is 2. The van der Waals surface area contributed by atoms with Crippen molar-refractivity contribution in [2.24, 2.45) is 0 Å². The van der Waals surface area contributed by atoms with E-state index in [4.69, 9.17) is 0 Å². The molecule has 1 aromatic heterocycles. The third kappa shape index (κ3) is 3.02. The normalized spacial score (nSPS) is 11.3. The SMILES string of the molecule is CCn1ncc(S(=O)(=O)Nc2cccc([N+](=O)[O-])c2)c1C. The zero-order valence-electron chi connectivity index (χ0n) is 11.5. The van der Waals surface area contributed by atoms with E-state index >= 15 is 0 Å². The van der Waals surface area contributed by atoms with Crippen molar-refractivity contribution in [3.63, 3.8) is 0 Å². The fourth-order valence-corrected chi connectivity index (χ4v) is 3.13. The van der Waals surface area contributed by atoms with Gasteiger partial charge in [0.15, 0.2) is 0 Å². The van der Waals surface area contributed by atoms with Crippen molar-refractivity contribution in [1.82, 2.24) is 9.78 Å².